The molecule has 1 heterocycles. The summed E-state index contributed by atoms with van der Waals surface area (Å²) >= 11 is 0. The van der Waals surface area contributed by atoms with E-state index in [1.165, 1.54) is 23.1 Å². The van der Waals surface area contributed by atoms with E-state index in [9.17, 15) is 13.2 Å². The second kappa shape index (κ2) is 9.66. The van der Waals surface area contributed by atoms with Crippen LogP contribution in [-0.4, -0.2) is 63.9 Å². The fourth-order valence-electron chi connectivity index (χ4n) is 2.88. The molecule has 0 bridgehead atoms. The first-order valence-corrected chi connectivity index (χ1v) is 8.82. The summed E-state index contributed by atoms with van der Waals surface area (Å²) in [4.78, 5) is 5.41. The van der Waals surface area contributed by atoms with Crippen LogP contribution in [0, 0.1) is 0 Å². The summed E-state index contributed by atoms with van der Waals surface area (Å²) < 4.78 is 42.3. The molecule has 0 saturated carbocycles. The molecule has 2 rings (SSSR count). The Balaban J connectivity index is 1.62. The Kier molecular flexibility index (Phi) is 7.56. The molecular formula is C18H27F3N4O. The number of aliphatic imine (C=N–C) groups is 1. The van der Waals surface area contributed by atoms with Gasteiger partial charge in [0.15, 0.2) is 5.96 Å². The fourth-order valence-corrected chi connectivity index (χ4v) is 2.88. The average molecular weight is 372 g/mol. The van der Waals surface area contributed by atoms with E-state index in [2.05, 4.69) is 27.8 Å². The topological polar surface area (TPSA) is 48.9 Å². The van der Waals surface area contributed by atoms with Gasteiger partial charge in [-0.3, -0.25) is 9.89 Å². The minimum Gasteiger partial charge on any atom is -0.493 e. The molecule has 1 aromatic carbocycles. The molecule has 0 aliphatic carbocycles. The number of alkyl halides is 3. The molecule has 0 atom stereocenters. The number of rotatable bonds is 8. The van der Waals surface area contributed by atoms with E-state index in [0.717, 1.165) is 31.7 Å². The Morgan fingerprint density at radius 1 is 1.27 bits per heavy atom. The number of ether oxygens (including phenoxy) is 1. The molecular weight excluding hydrogens is 345 g/mol. The average Bonchev–Trinajstić information content (AvgIpc) is 3.03. The largest absolute Gasteiger partial charge is 0.493 e. The number of halogens is 3. The molecule has 1 aliphatic rings. The first-order chi connectivity index (χ1) is 12.4. The van der Waals surface area contributed by atoms with E-state index in [-0.39, 0.29) is 0 Å². The molecule has 8 heteroatoms. The van der Waals surface area contributed by atoms with Crippen LogP contribution in [0.1, 0.15) is 17.5 Å². The molecule has 0 saturated heterocycles. The minimum atomic E-state index is -4.15. The van der Waals surface area contributed by atoms with Gasteiger partial charge in [-0.15, -0.1) is 0 Å². The van der Waals surface area contributed by atoms with Crippen molar-refractivity contribution in [1.29, 1.82) is 0 Å². The Bertz CT molecular complexity index is 605. The van der Waals surface area contributed by atoms with Gasteiger partial charge in [-0.05, 0) is 43.6 Å². The lowest BCUT2D eigenvalue weighted by Gasteiger charge is -2.19. The van der Waals surface area contributed by atoms with E-state index >= 15 is 0 Å². The highest BCUT2D eigenvalue weighted by molar-refractivity contribution is 5.79. The maximum atomic E-state index is 12.3. The molecule has 0 radical (unpaired) electrons. The van der Waals surface area contributed by atoms with Crippen molar-refractivity contribution in [3.63, 3.8) is 0 Å². The van der Waals surface area contributed by atoms with Gasteiger partial charge in [-0.2, -0.15) is 13.2 Å². The third-order valence-corrected chi connectivity index (χ3v) is 4.14. The monoisotopic (exact) mass is 372 g/mol. The van der Waals surface area contributed by atoms with E-state index < -0.39 is 12.7 Å². The molecule has 26 heavy (non-hydrogen) atoms. The van der Waals surface area contributed by atoms with Crippen LogP contribution in [0.4, 0.5) is 13.2 Å². The van der Waals surface area contributed by atoms with E-state index in [1.54, 1.807) is 7.05 Å². The lowest BCUT2D eigenvalue weighted by molar-refractivity contribution is -0.143. The number of hydrogen-bond acceptors (Lipinski definition) is 3. The molecule has 0 unspecified atom stereocenters. The van der Waals surface area contributed by atoms with Crippen LogP contribution in [0.15, 0.2) is 23.2 Å². The van der Waals surface area contributed by atoms with E-state index in [1.807, 2.05) is 6.07 Å². The SMILES string of the molecule is CN=C(NCCCN(C)CC(F)(F)F)NCCc1ccc2c(c1)CCO2. The molecule has 5 nitrogen and oxygen atoms in total. The Morgan fingerprint density at radius 3 is 2.77 bits per heavy atom. The van der Waals surface area contributed by atoms with Crippen LogP contribution in [-0.2, 0) is 12.8 Å². The van der Waals surface area contributed by atoms with Crippen LogP contribution in [0.3, 0.4) is 0 Å². The number of hydrogen-bond donors (Lipinski definition) is 2. The Morgan fingerprint density at radius 2 is 2.04 bits per heavy atom. The zero-order chi connectivity index (χ0) is 19.0. The first-order valence-electron chi connectivity index (χ1n) is 8.82. The molecule has 2 N–H and O–H groups in total. The Hall–Kier alpha value is -1.96. The standard InChI is InChI=1S/C18H27F3N4O/c1-22-17(23-8-3-10-25(2)13-18(19,20)21)24-9-6-14-4-5-16-15(12-14)7-11-26-16/h4-5,12H,3,6-11,13H2,1-2H3,(H2,22,23,24). The summed E-state index contributed by atoms with van der Waals surface area (Å²) in [6.45, 7) is 1.55. The predicted octanol–water partition coefficient (Wildman–Crippen LogP) is 2.21. The van der Waals surface area contributed by atoms with Gasteiger partial charge < -0.3 is 15.4 Å². The lowest BCUT2D eigenvalue weighted by atomic mass is 10.1. The van der Waals surface area contributed by atoms with Gasteiger partial charge in [-0.1, -0.05) is 12.1 Å². The van der Waals surface area contributed by atoms with Crippen LogP contribution in [0.2, 0.25) is 0 Å². The van der Waals surface area contributed by atoms with Crippen molar-refractivity contribution in [2.24, 2.45) is 4.99 Å². The number of guanidine groups is 1. The van der Waals surface area contributed by atoms with Gasteiger partial charge in [0.25, 0.3) is 0 Å². The molecule has 0 aromatic heterocycles. The molecule has 1 aliphatic heterocycles. The maximum absolute atomic E-state index is 12.3. The van der Waals surface area contributed by atoms with Crippen molar-refractivity contribution in [2.75, 3.05) is 46.9 Å². The summed E-state index contributed by atoms with van der Waals surface area (Å²) in [5.41, 5.74) is 2.50. The maximum Gasteiger partial charge on any atom is 0.401 e. The highest BCUT2D eigenvalue weighted by atomic mass is 19.4. The fraction of sp³-hybridized carbons (Fsp3) is 0.611. The summed E-state index contributed by atoms with van der Waals surface area (Å²) in [5, 5.41) is 6.35. The van der Waals surface area contributed by atoms with Crippen molar-refractivity contribution in [1.82, 2.24) is 15.5 Å². The normalized spacial score (nSPS) is 14.3. The van der Waals surface area contributed by atoms with E-state index in [4.69, 9.17) is 4.74 Å². The molecule has 0 spiro atoms. The van der Waals surface area contributed by atoms with Crippen molar-refractivity contribution in [3.8, 4) is 5.75 Å². The van der Waals surface area contributed by atoms with Gasteiger partial charge in [-0.25, -0.2) is 0 Å². The Labute approximate surface area is 152 Å². The highest BCUT2D eigenvalue weighted by Gasteiger charge is 2.28. The first kappa shape index (κ1) is 20.4. The molecule has 1 aromatic rings. The van der Waals surface area contributed by atoms with Crippen LogP contribution < -0.4 is 15.4 Å². The summed E-state index contributed by atoms with van der Waals surface area (Å²) in [5.74, 6) is 1.64. The second-order valence-corrected chi connectivity index (χ2v) is 6.42. The van der Waals surface area contributed by atoms with Gasteiger partial charge in [0, 0.05) is 26.6 Å². The second-order valence-electron chi connectivity index (χ2n) is 6.42. The third kappa shape index (κ3) is 7.11. The van der Waals surface area contributed by atoms with Gasteiger partial charge in [0.2, 0.25) is 0 Å². The summed E-state index contributed by atoms with van der Waals surface area (Å²) in [6.07, 6.45) is -1.72. The number of nitrogens with zero attached hydrogens (tertiary/aromatic N) is 2. The summed E-state index contributed by atoms with van der Waals surface area (Å²) in [7, 11) is 3.15. The van der Waals surface area contributed by atoms with Crippen molar-refractivity contribution in [3.05, 3.63) is 29.3 Å². The zero-order valence-corrected chi connectivity index (χ0v) is 15.3. The molecule has 146 valence electrons. The van der Waals surface area contributed by atoms with Gasteiger partial charge >= 0.3 is 6.18 Å². The van der Waals surface area contributed by atoms with Gasteiger partial charge in [0.1, 0.15) is 5.75 Å². The van der Waals surface area contributed by atoms with Crippen LogP contribution in [0.25, 0.3) is 0 Å². The molecule has 0 amide bonds. The van der Waals surface area contributed by atoms with Crippen LogP contribution in [0.5, 0.6) is 5.75 Å². The third-order valence-electron chi connectivity index (χ3n) is 4.14. The van der Waals surface area contributed by atoms with Crippen molar-refractivity contribution < 1.29 is 17.9 Å². The van der Waals surface area contributed by atoms with Crippen LogP contribution >= 0.6 is 0 Å². The van der Waals surface area contributed by atoms with Crippen molar-refractivity contribution in [2.45, 2.75) is 25.4 Å². The molecule has 0 fully saturated rings. The quantitative estimate of drug-likeness (QED) is 0.417. The predicted molar refractivity (Wildman–Crippen MR) is 96.9 cm³/mol. The smallest absolute Gasteiger partial charge is 0.401 e. The van der Waals surface area contributed by atoms with E-state index in [0.29, 0.717) is 25.5 Å². The minimum absolute atomic E-state index is 0.376. The number of benzene rings is 1. The summed E-state index contributed by atoms with van der Waals surface area (Å²) in [6, 6.07) is 6.26. The van der Waals surface area contributed by atoms with Crippen molar-refractivity contribution >= 4 is 5.96 Å². The lowest BCUT2D eigenvalue weighted by Crippen LogP contribution is -2.40. The number of fused-ring (bicyclic) bond motifs is 1. The van der Waals surface area contributed by atoms with Gasteiger partial charge in [0.05, 0.1) is 13.2 Å². The zero-order valence-electron chi connectivity index (χ0n) is 15.3. The number of nitrogens with one attached hydrogen (secondary N) is 2. The highest BCUT2D eigenvalue weighted by Crippen LogP contribution is 2.25.